The van der Waals surface area contributed by atoms with E-state index in [0.717, 1.165) is 12.1 Å². The van der Waals surface area contributed by atoms with Gasteiger partial charge in [0.25, 0.3) is 0 Å². The monoisotopic (exact) mass is 319 g/mol. The molecule has 1 heterocycles. The predicted octanol–water partition coefficient (Wildman–Crippen LogP) is 0.666. The first-order valence-electron chi connectivity index (χ1n) is 6.66. The topological polar surface area (TPSA) is 75.4 Å². The van der Waals surface area contributed by atoms with Gasteiger partial charge in [0.15, 0.2) is 0 Å². The molecule has 1 aliphatic rings. The van der Waals surface area contributed by atoms with Gasteiger partial charge in [-0.1, -0.05) is 0 Å². The molecular formula is C13H19F2N3O2S. The molecule has 0 radical (unpaired) electrons. The molecule has 0 bridgehead atoms. The summed E-state index contributed by atoms with van der Waals surface area (Å²) < 4.78 is 54.0. The Bertz CT molecular complexity index is 614. The molecule has 21 heavy (non-hydrogen) atoms. The molecular weight excluding hydrogens is 300 g/mol. The fraction of sp³-hybridized carbons (Fsp3) is 0.538. The summed E-state index contributed by atoms with van der Waals surface area (Å²) in [7, 11) is -2.23. The van der Waals surface area contributed by atoms with Crippen LogP contribution < -0.4 is 10.5 Å². The first-order valence-corrected chi connectivity index (χ1v) is 8.14. The lowest BCUT2D eigenvalue weighted by Gasteiger charge is -2.40. The fourth-order valence-electron chi connectivity index (χ4n) is 2.42. The molecule has 3 N–H and O–H groups in total. The number of halogens is 2. The zero-order valence-electron chi connectivity index (χ0n) is 11.8. The van der Waals surface area contributed by atoms with Gasteiger partial charge >= 0.3 is 0 Å². The molecule has 118 valence electrons. The second-order valence-electron chi connectivity index (χ2n) is 5.47. The third kappa shape index (κ3) is 3.57. The number of likely N-dealkylation sites (tertiary alicyclic amines) is 1. The fourth-order valence-corrected chi connectivity index (χ4v) is 3.98. The quantitative estimate of drug-likeness (QED) is 0.855. The lowest BCUT2D eigenvalue weighted by Crippen LogP contribution is -2.58. The molecule has 0 atom stereocenters. The third-order valence-electron chi connectivity index (χ3n) is 3.87. The van der Waals surface area contributed by atoms with Crippen LogP contribution in [0.4, 0.5) is 8.78 Å². The molecule has 0 aliphatic carbocycles. The molecule has 0 amide bonds. The van der Waals surface area contributed by atoms with Crippen LogP contribution in [0.2, 0.25) is 0 Å². The Kier molecular flexibility index (Phi) is 4.62. The van der Waals surface area contributed by atoms with E-state index in [1.807, 2.05) is 7.05 Å². The first kappa shape index (κ1) is 16.3. The van der Waals surface area contributed by atoms with Crippen LogP contribution in [0.3, 0.4) is 0 Å². The molecule has 1 aromatic rings. The van der Waals surface area contributed by atoms with Gasteiger partial charge in [0.2, 0.25) is 10.0 Å². The van der Waals surface area contributed by atoms with Gasteiger partial charge in [-0.2, -0.15) is 0 Å². The first-order chi connectivity index (χ1) is 9.78. The second kappa shape index (κ2) is 5.96. The van der Waals surface area contributed by atoms with E-state index in [1.54, 1.807) is 0 Å². The van der Waals surface area contributed by atoms with Crippen LogP contribution in [0.5, 0.6) is 0 Å². The van der Waals surface area contributed by atoms with Gasteiger partial charge in [0, 0.05) is 12.1 Å². The minimum absolute atomic E-state index is 0.108. The van der Waals surface area contributed by atoms with E-state index >= 15 is 0 Å². The van der Waals surface area contributed by atoms with Crippen molar-refractivity contribution in [3.8, 4) is 0 Å². The summed E-state index contributed by atoms with van der Waals surface area (Å²) in [5.41, 5.74) is 4.91. The van der Waals surface area contributed by atoms with Gasteiger partial charge in [0.05, 0.1) is 0 Å². The molecule has 8 heteroatoms. The normalized spacial score (nSPS) is 19.6. The Morgan fingerprint density at radius 3 is 2.52 bits per heavy atom. The van der Waals surface area contributed by atoms with Crippen molar-refractivity contribution >= 4 is 10.0 Å². The van der Waals surface area contributed by atoms with Crippen LogP contribution >= 0.6 is 0 Å². The number of piperidine rings is 1. The Morgan fingerprint density at radius 2 is 1.95 bits per heavy atom. The number of hydrogen-bond acceptors (Lipinski definition) is 4. The molecule has 0 spiro atoms. The van der Waals surface area contributed by atoms with Crippen molar-refractivity contribution in [2.24, 2.45) is 5.73 Å². The average molecular weight is 319 g/mol. The van der Waals surface area contributed by atoms with Crippen molar-refractivity contribution in [1.29, 1.82) is 0 Å². The molecule has 2 rings (SSSR count). The van der Waals surface area contributed by atoms with Crippen LogP contribution in [0.15, 0.2) is 23.1 Å². The zero-order valence-corrected chi connectivity index (χ0v) is 12.6. The lowest BCUT2D eigenvalue weighted by atomic mass is 9.89. The smallest absolute Gasteiger partial charge is 0.244 e. The summed E-state index contributed by atoms with van der Waals surface area (Å²) in [5, 5.41) is 0. The van der Waals surface area contributed by atoms with Crippen LogP contribution in [0.1, 0.15) is 12.8 Å². The number of benzene rings is 1. The van der Waals surface area contributed by atoms with E-state index in [9.17, 15) is 17.2 Å². The van der Waals surface area contributed by atoms with Crippen LogP contribution in [0, 0.1) is 11.6 Å². The standard InChI is InChI=1S/C13H19F2N3O2S/c1-18-6-4-13(9-16,5-7-18)17-21(19,20)12-8-10(14)2-3-11(12)15/h2-3,8,17H,4-7,9,16H2,1H3. The number of sulfonamides is 1. The third-order valence-corrected chi connectivity index (χ3v) is 5.46. The largest absolute Gasteiger partial charge is 0.329 e. The van der Waals surface area contributed by atoms with Gasteiger partial charge in [-0.05, 0) is 51.2 Å². The number of nitrogens with two attached hydrogens (primary N) is 1. The van der Waals surface area contributed by atoms with E-state index in [2.05, 4.69) is 9.62 Å². The average Bonchev–Trinajstić information content (AvgIpc) is 2.44. The molecule has 1 saturated heterocycles. The molecule has 0 aromatic heterocycles. The van der Waals surface area contributed by atoms with E-state index in [0.29, 0.717) is 32.0 Å². The Morgan fingerprint density at radius 1 is 1.33 bits per heavy atom. The zero-order chi connectivity index (χ0) is 15.7. The molecule has 0 unspecified atom stereocenters. The van der Waals surface area contributed by atoms with Gasteiger partial charge in [0.1, 0.15) is 16.5 Å². The number of hydrogen-bond donors (Lipinski definition) is 2. The van der Waals surface area contributed by atoms with E-state index in [1.165, 1.54) is 0 Å². The Hall–Kier alpha value is -1.09. The van der Waals surface area contributed by atoms with Gasteiger partial charge < -0.3 is 10.6 Å². The Balaban J connectivity index is 2.29. The molecule has 0 saturated carbocycles. The van der Waals surface area contributed by atoms with Crippen molar-refractivity contribution in [3.63, 3.8) is 0 Å². The van der Waals surface area contributed by atoms with E-state index in [-0.39, 0.29) is 6.54 Å². The maximum atomic E-state index is 13.7. The van der Waals surface area contributed by atoms with Crippen molar-refractivity contribution in [2.75, 3.05) is 26.7 Å². The van der Waals surface area contributed by atoms with Crippen LogP contribution in [0.25, 0.3) is 0 Å². The summed E-state index contributed by atoms with van der Waals surface area (Å²) in [5.74, 6) is -1.79. The van der Waals surface area contributed by atoms with E-state index in [4.69, 9.17) is 5.73 Å². The van der Waals surface area contributed by atoms with Crippen LogP contribution in [-0.2, 0) is 10.0 Å². The minimum atomic E-state index is -4.16. The molecule has 1 aromatic carbocycles. The second-order valence-corrected chi connectivity index (χ2v) is 7.12. The highest BCUT2D eigenvalue weighted by atomic mass is 32.2. The molecule has 5 nitrogen and oxygen atoms in total. The number of nitrogens with one attached hydrogen (secondary N) is 1. The maximum absolute atomic E-state index is 13.7. The predicted molar refractivity (Wildman–Crippen MR) is 75.2 cm³/mol. The lowest BCUT2D eigenvalue weighted by molar-refractivity contribution is 0.182. The van der Waals surface area contributed by atoms with Crippen LogP contribution in [-0.4, -0.2) is 45.5 Å². The summed E-state index contributed by atoms with van der Waals surface area (Å²) in [6, 6.07) is 2.35. The summed E-state index contributed by atoms with van der Waals surface area (Å²) >= 11 is 0. The molecule has 1 aliphatic heterocycles. The highest BCUT2D eigenvalue weighted by Gasteiger charge is 2.37. The maximum Gasteiger partial charge on any atom is 0.244 e. The Labute approximate surface area is 123 Å². The summed E-state index contributed by atoms with van der Waals surface area (Å²) in [4.78, 5) is 1.37. The summed E-state index contributed by atoms with van der Waals surface area (Å²) in [6.07, 6.45) is 1.05. The highest BCUT2D eigenvalue weighted by molar-refractivity contribution is 7.89. The van der Waals surface area contributed by atoms with E-state index < -0.39 is 32.1 Å². The van der Waals surface area contributed by atoms with Crippen molar-refractivity contribution in [1.82, 2.24) is 9.62 Å². The minimum Gasteiger partial charge on any atom is -0.329 e. The SMILES string of the molecule is CN1CCC(CN)(NS(=O)(=O)c2cc(F)ccc2F)CC1. The van der Waals surface area contributed by atoms with Crippen molar-refractivity contribution < 1.29 is 17.2 Å². The summed E-state index contributed by atoms with van der Waals surface area (Å²) in [6.45, 7) is 1.48. The van der Waals surface area contributed by atoms with Gasteiger partial charge in [-0.25, -0.2) is 21.9 Å². The molecule has 1 fully saturated rings. The highest BCUT2D eigenvalue weighted by Crippen LogP contribution is 2.24. The number of rotatable bonds is 4. The van der Waals surface area contributed by atoms with Crippen molar-refractivity contribution in [3.05, 3.63) is 29.8 Å². The van der Waals surface area contributed by atoms with Gasteiger partial charge in [-0.15, -0.1) is 0 Å². The number of nitrogens with zero attached hydrogens (tertiary/aromatic N) is 1. The van der Waals surface area contributed by atoms with Crippen molar-refractivity contribution in [2.45, 2.75) is 23.3 Å². The van der Waals surface area contributed by atoms with Gasteiger partial charge in [-0.3, -0.25) is 0 Å².